The minimum Gasteiger partial charge on any atom is -0.491 e. The predicted octanol–water partition coefficient (Wildman–Crippen LogP) is 4.67. The number of ether oxygens (including phenoxy) is 1. The molecule has 3 aromatic rings. The van der Waals surface area contributed by atoms with Gasteiger partial charge in [0.1, 0.15) is 24.8 Å². The molecule has 1 saturated carbocycles. The average Bonchev–Trinajstić information content (AvgIpc) is 3.17. The first kappa shape index (κ1) is 21.9. The first-order valence-corrected chi connectivity index (χ1v) is 11.7. The molecule has 1 aliphatic carbocycles. The van der Waals surface area contributed by atoms with Gasteiger partial charge in [-0.15, -0.1) is 0 Å². The number of aromatic amines is 1. The summed E-state index contributed by atoms with van der Waals surface area (Å²) in [6.45, 7) is 0.714. The fourth-order valence-corrected chi connectivity index (χ4v) is 5.27. The Morgan fingerprint density at radius 2 is 2.03 bits per heavy atom. The molecule has 1 unspecified atom stereocenters. The minimum atomic E-state index is -0.635. The molecule has 0 bridgehead atoms. The van der Waals surface area contributed by atoms with Gasteiger partial charge in [-0.25, -0.2) is 8.78 Å². The van der Waals surface area contributed by atoms with Gasteiger partial charge in [0.05, 0.1) is 0 Å². The number of H-pyrrole nitrogens is 1. The predicted molar refractivity (Wildman–Crippen MR) is 124 cm³/mol. The molecule has 0 spiro atoms. The smallest absolute Gasteiger partial charge is 0.249 e. The van der Waals surface area contributed by atoms with Crippen LogP contribution >= 0.6 is 0 Å². The SMILES string of the molecule is NC(=O)c1ccc(CF)c2c1CC(N(CCCc1c[nH]c3ccc(F)cc13)C1CCC1)CO2. The number of halogens is 2. The highest BCUT2D eigenvalue weighted by Gasteiger charge is 2.35. The van der Waals surface area contributed by atoms with E-state index in [0.29, 0.717) is 35.9 Å². The van der Waals surface area contributed by atoms with Crippen LogP contribution in [-0.2, 0) is 19.5 Å². The summed E-state index contributed by atoms with van der Waals surface area (Å²) in [7, 11) is 0. The van der Waals surface area contributed by atoms with E-state index in [2.05, 4.69) is 9.88 Å². The van der Waals surface area contributed by atoms with Crippen molar-refractivity contribution >= 4 is 16.8 Å². The lowest BCUT2D eigenvalue weighted by atomic mass is 9.87. The van der Waals surface area contributed by atoms with Crippen LogP contribution in [-0.4, -0.2) is 41.0 Å². The Bertz CT molecular complexity index is 1170. The average molecular weight is 454 g/mol. The van der Waals surface area contributed by atoms with Gasteiger partial charge >= 0.3 is 0 Å². The van der Waals surface area contributed by atoms with Crippen molar-refractivity contribution in [1.29, 1.82) is 0 Å². The topological polar surface area (TPSA) is 71.4 Å². The summed E-state index contributed by atoms with van der Waals surface area (Å²) >= 11 is 0. The number of nitrogens with zero attached hydrogens (tertiary/aromatic N) is 1. The van der Waals surface area contributed by atoms with Crippen molar-refractivity contribution < 1.29 is 18.3 Å². The fraction of sp³-hybridized carbons (Fsp3) is 0.423. The van der Waals surface area contributed by atoms with Crippen LogP contribution in [0.4, 0.5) is 8.78 Å². The Morgan fingerprint density at radius 3 is 2.76 bits per heavy atom. The molecule has 1 aliphatic heterocycles. The van der Waals surface area contributed by atoms with Gasteiger partial charge in [-0.3, -0.25) is 9.69 Å². The number of aromatic nitrogens is 1. The second-order valence-electron chi connectivity index (χ2n) is 9.18. The molecule has 0 radical (unpaired) electrons. The van der Waals surface area contributed by atoms with Gasteiger partial charge in [-0.1, -0.05) is 12.5 Å². The maximum atomic E-state index is 13.7. The number of primary amides is 1. The molecule has 0 saturated heterocycles. The Labute approximate surface area is 191 Å². The van der Waals surface area contributed by atoms with E-state index in [9.17, 15) is 13.6 Å². The number of amides is 1. The van der Waals surface area contributed by atoms with Gasteiger partial charge in [0, 0.05) is 45.9 Å². The summed E-state index contributed by atoms with van der Waals surface area (Å²) in [5.74, 6) is -0.252. The monoisotopic (exact) mass is 453 g/mol. The third-order valence-electron chi connectivity index (χ3n) is 7.22. The molecule has 33 heavy (non-hydrogen) atoms. The van der Waals surface area contributed by atoms with Gasteiger partial charge in [-0.05, 0) is 68.5 Å². The van der Waals surface area contributed by atoms with Gasteiger partial charge in [-0.2, -0.15) is 0 Å². The Kier molecular flexibility index (Phi) is 6.06. The van der Waals surface area contributed by atoms with Crippen LogP contribution in [0.3, 0.4) is 0 Å². The summed E-state index contributed by atoms with van der Waals surface area (Å²) in [5, 5.41) is 0.935. The van der Waals surface area contributed by atoms with Crippen LogP contribution in [0.1, 0.15) is 52.7 Å². The highest BCUT2D eigenvalue weighted by Crippen LogP contribution is 2.36. The lowest BCUT2D eigenvalue weighted by Crippen LogP contribution is -2.51. The van der Waals surface area contributed by atoms with Gasteiger partial charge in [0.15, 0.2) is 0 Å². The zero-order valence-corrected chi connectivity index (χ0v) is 18.6. The molecule has 1 amide bonds. The quantitative estimate of drug-likeness (QED) is 0.521. The Balaban J connectivity index is 1.33. The van der Waals surface area contributed by atoms with Crippen molar-refractivity contribution in [3.63, 3.8) is 0 Å². The van der Waals surface area contributed by atoms with Gasteiger partial charge in [0.25, 0.3) is 0 Å². The number of fused-ring (bicyclic) bond motifs is 2. The van der Waals surface area contributed by atoms with Crippen LogP contribution in [0, 0.1) is 5.82 Å². The largest absolute Gasteiger partial charge is 0.491 e. The molecule has 5 nitrogen and oxygen atoms in total. The van der Waals surface area contributed by atoms with Crippen LogP contribution in [0.25, 0.3) is 10.9 Å². The van der Waals surface area contributed by atoms with E-state index in [-0.39, 0.29) is 11.9 Å². The van der Waals surface area contributed by atoms with Crippen LogP contribution in [0.15, 0.2) is 36.5 Å². The zero-order chi connectivity index (χ0) is 22.9. The van der Waals surface area contributed by atoms with E-state index in [1.54, 1.807) is 24.3 Å². The number of nitrogens with one attached hydrogen (secondary N) is 1. The molecular weight excluding hydrogens is 424 g/mol. The summed E-state index contributed by atoms with van der Waals surface area (Å²) in [4.78, 5) is 17.7. The van der Waals surface area contributed by atoms with E-state index in [1.165, 1.54) is 12.5 Å². The van der Waals surface area contributed by atoms with E-state index >= 15 is 0 Å². The van der Waals surface area contributed by atoms with Crippen LogP contribution in [0.5, 0.6) is 5.75 Å². The number of hydrogen-bond acceptors (Lipinski definition) is 3. The number of nitrogens with two attached hydrogens (primary N) is 1. The molecule has 174 valence electrons. The van der Waals surface area contributed by atoms with E-state index in [4.69, 9.17) is 10.5 Å². The summed E-state index contributed by atoms with van der Waals surface area (Å²) < 4.78 is 33.3. The molecule has 1 atom stereocenters. The lowest BCUT2D eigenvalue weighted by molar-refractivity contribution is 0.0430. The molecule has 2 aliphatic rings. The van der Waals surface area contributed by atoms with Crippen molar-refractivity contribution in [2.45, 2.75) is 57.3 Å². The van der Waals surface area contributed by atoms with Crippen molar-refractivity contribution in [2.75, 3.05) is 13.2 Å². The number of hydrogen-bond donors (Lipinski definition) is 2. The maximum absolute atomic E-state index is 13.7. The number of alkyl halides is 1. The third-order valence-corrected chi connectivity index (χ3v) is 7.22. The first-order valence-electron chi connectivity index (χ1n) is 11.7. The zero-order valence-electron chi connectivity index (χ0n) is 18.6. The van der Waals surface area contributed by atoms with Crippen LogP contribution in [0.2, 0.25) is 0 Å². The molecule has 1 aromatic heterocycles. The second-order valence-corrected chi connectivity index (χ2v) is 9.18. The van der Waals surface area contributed by atoms with Gasteiger partial charge in [0.2, 0.25) is 5.91 Å². The van der Waals surface area contributed by atoms with E-state index in [1.807, 2.05) is 6.20 Å². The number of aryl methyl sites for hydroxylation is 1. The normalized spacial score (nSPS) is 18.2. The summed E-state index contributed by atoms with van der Waals surface area (Å²) in [6.07, 6.45) is 7.87. The molecule has 2 heterocycles. The molecule has 5 rings (SSSR count). The summed E-state index contributed by atoms with van der Waals surface area (Å²) in [6, 6.07) is 8.63. The first-order chi connectivity index (χ1) is 16.0. The Morgan fingerprint density at radius 1 is 1.18 bits per heavy atom. The van der Waals surface area contributed by atoms with Crippen molar-refractivity contribution in [3.8, 4) is 5.75 Å². The molecule has 3 N–H and O–H groups in total. The third kappa shape index (κ3) is 4.22. The Hall–Kier alpha value is -2.93. The van der Waals surface area contributed by atoms with Crippen molar-refractivity contribution in [2.24, 2.45) is 5.73 Å². The number of carbonyl (C=O) groups excluding carboxylic acids is 1. The molecular formula is C26H29F2N3O2. The minimum absolute atomic E-state index is 0.108. The van der Waals surface area contributed by atoms with Gasteiger partial charge < -0.3 is 15.5 Å². The fourth-order valence-electron chi connectivity index (χ4n) is 5.27. The van der Waals surface area contributed by atoms with Crippen LogP contribution < -0.4 is 10.5 Å². The lowest BCUT2D eigenvalue weighted by Gasteiger charge is -2.44. The number of rotatable bonds is 8. The van der Waals surface area contributed by atoms with E-state index < -0.39 is 12.6 Å². The van der Waals surface area contributed by atoms with Crippen molar-refractivity contribution in [3.05, 3.63) is 64.6 Å². The maximum Gasteiger partial charge on any atom is 0.249 e. The summed E-state index contributed by atoms with van der Waals surface area (Å²) in [5.41, 5.74) is 9.28. The molecule has 2 aromatic carbocycles. The highest BCUT2D eigenvalue weighted by molar-refractivity contribution is 5.95. The molecule has 1 fully saturated rings. The number of carbonyl (C=O) groups is 1. The standard InChI is InChI=1S/C26H29F2N3O2/c27-13-16-6-8-21(26(29)32)23-12-20(15-33-25(16)23)31(19-4-1-5-19)10-2-3-17-14-30-24-9-7-18(28)11-22(17)24/h6-9,11,14,19-20,30H,1-5,10,12-13,15H2,(H2,29,32). The highest BCUT2D eigenvalue weighted by atomic mass is 19.1. The van der Waals surface area contributed by atoms with Crippen molar-refractivity contribution in [1.82, 2.24) is 9.88 Å². The molecule has 7 heteroatoms. The van der Waals surface area contributed by atoms with E-state index in [0.717, 1.165) is 54.3 Å². The second kappa shape index (κ2) is 9.14. The number of benzene rings is 2.